The third-order valence-electron chi connectivity index (χ3n) is 5.25. The Kier molecular flexibility index (Phi) is 4.84. The highest BCUT2D eigenvalue weighted by molar-refractivity contribution is 5.80. The van der Waals surface area contributed by atoms with Crippen molar-refractivity contribution in [1.82, 2.24) is 14.5 Å². The molecule has 3 aromatic rings. The number of aromatic nitrogens is 2. The fourth-order valence-corrected chi connectivity index (χ4v) is 3.78. The van der Waals surface area contributed by atoms with Crippen LogP contribution < -0.4 is 4.74 Å². The van der Waals surface area contributed by atoms with Gasteiger partial charge in [-0.15, -0.1) is 0 Å². The lowest BCUT2D eigenvalue weighted by Crippen LogP contribution is -2.24. The van der Waals surface area contributed by atoms with Crippen LogP contribution in [-0.4, -0.2) is 40.1 Å². The van der Waals surface area contributed by atoms with Crippen LogP contribution in [0.2, 0.25) is 0 Å². The number of aryl methyl sites for hydroxylation is 1. The average molecular weight is 363 g/mol. The van der Waals surface area contributed by atoms with Gasteiger partial charge in [0.2, 0.25) is 5.91 Å². The number of likely N-dealkylation sites (N-methyl/N-ethyl adjacent to an activating group) is 1. The van der Waals surface area contributed by atoms with E-state index in [1.807, 2.05) is 42.2 Å². The van der Waals surface area contributed by atoms with Gasteiger partial charge < -0.3 is 14.2 Å². The summed E-state index contributed by atoms with van der Waals surface area (Å²) in [5.74, 6) is 2.23. The molecule has 0 N–H and O–H groups in total. The van der Waals surface area contributed by atoms with Gasteiger partial charge in [-0.05, 0) is 38.1 Å². The van der Waals surface area contributed by atoms with E-state index in [2.05, 4.69) is 29.7 Å². The van der Waals surface area contributed by atoms with Crippen LogP contribution in [0.3, 0.4) is 0 Å². The van der Waals surface area contributed by atoms with E-state index in [4.69, 9.17) is 9.72 Å². The molecule has 1 saturated heterocycles. The molecule has 2 heterocycles. The summed E-state index contributed by atoms with van der Waals surface area (Å²) in [7, 11) is 0. The molecule has 1 fully saturated rings. The van der Waals surface area contributed by atoms with Crippen molar-refractivity contribution in [2.45, 2.75) is 32.7 Å². The molecule has 1 aliphatic heterocycles. The van der Waals surface area contributed by atoms with Gasteiger partial charge in [0, 0.05) is 25.4 Å². The predicted molar refractivity (Wildman–Crippen MR) is 106 cm³/mol. The molecule has 1 aliphatic rings. The van der Waals surface area contributed by atoms with Gasteiger partial charge >= 0.3 is 0 Å². The number of imidazole rings is 1. The number of likely N-dealkylation sites (tertiary alicyclic amines) is 1. The second-order valence-corrected chi connectivity index (χ2v) is 7.11. The number of fused-ring (bicyclic) bond motifs is 1. The Balaban J connectivity index is 1.57. The maximum absolute atomic E-state index is 12.2. The SMILES string of the molecule is CCN1CC(c2nc3ccccc3n2CCOc2ccc(C)cc2)CC1=O. The second-order valence-electron chi connectivity index (χ2n) is 7.11. The molecule has 2 aromatic carbocycles. The van der Waals surface area contributed by atoms with E-state index in [0.717, 1.165) is 35.7 Å². The molecule has 140 valence electrons. The summed E-state index contributed by atoms with van der Waals surface area (Å²) in [6.07, 6.45) is 0.538. The van der Waals surface area contributed by atoms with Gasteiger partial charge in [-0.3, -0.25) is 4.79 Å². The lowest BCUT2D eigenvalue weighted by atomic mass is 10.1. The van der Waals surface area contributed by atoms with Gasteiger partial charge in [0.05, 0.1) is 17.6 Å². The normalized spacial score (nSPS) is 17.0. The van der Waals surface area contributed by atoms with Crippen molar-refractivity contribution in [3.05, 3.63) is 59.9 Å². The van der Waals surface area contributed by atoms with Crippen molar-refractivity contribution in [1.29, 1.82) is 0 Å². The van der Waals surface area contributed by atoms with E-state index >= 15 is 0 Å². The standard InChI is InChI=1S/C22H25N3O2/c1-3-24-15-17(14-21(24)26)22-23-19-6-4-5-7-20(19)25(22)12-13-27-18-10-8-16(2)9-11-18/h4-11,17H,3,12-15H2,1-2H3. The Morgan fingerprint density at radius 2 is 1.93 bits per heavy atom. The highest BCUT2D eigenvalue weighted by atomic mass is 16.5. The van der Waals surface area contributed by atoms with E-state index in [1.165, 1.54) is 5.56 Å². The molecule has 0 aliphatic carbocycles. The van der Waals surface area contributed by atoms with E-state index in [9.17, 15) is 4.79 Å². The van der Waals surface area contributed by atoms with Crippen LogP contribution in [0.5, 0.6) is 5.75 Å². The van der Waals surface area contributed by atoms with Crippen molar-refractivity contribution >= 4 is 16.9 Å². The summed E-state index contributed by atoms with van der Waals surface area (Å²) in [6.45, 7) is 6.87. The Morgan fingerprint density at radius 3 is 2.67 bits per heavy atom. The number of carbonyl (C=O) groups is 1. The zero-order valence-electron chi connectivity index (χ0n) is 15.9. The Labute approximate surface area is 159 Å². The number of nitrogens with zero attached hydrogens (tertiary/aromatic N) is 3. The van der Waals surface area contributed by atoms with Crippen LogP contribution in [0.15, 0.2) is 48.5 Å². The van der Waals surface area contributed by atoms with Gasteiger partial charge in [0.25, 0.3) is 0 Å². The molecule has 27 heavy (non-hydrogen) atoms. The zero-order chi connectivity index (χ0) is 18.8. The topological polar surface area (TPSA) is 47.4 Å². The predicted octanol–water partition coefficient (Wildman–Crippen LogP) is 3.76. The van der Waals surface area contributed by atoms with E-state index in [-0.39, 0.29) is 11.8 Å². The van der Waals surface area contributed by atoms with Crippen LogP contribution in [0, 0.1) is 6.92 Å². The minimum absolute atomic E-state index is 0.143. The molecule has 0 spiro atoms. The van der Waals surface area contributed by atoms with Gasteiger partial charge in [0.1, 0.15) is 18.2 Å². The molecule has 5 nitrogen and oxygen atoms in total. The highest BCUT2D eigenvalue weighted by Gasteiger charge is 2.33. The number of hydrogen-bond donors (Lipinski definition) is 0. The van der Waals surface area contributed by atoms with Crippen LogP contribution in [0.1, 0.15) is 30.7 Å². The first-order chi connectivity index (χ1) is 13.2. The average Bonchev–Trinajstić information content (AvgIpc) is 3.24. The Morgan fingerprint density at radius 1 is 1.15 bits per heavy atom. The van der Waals surface area contributed by atoms with Crippen LogP contribution in [0.4, 0.5) is 0 Å². The summed E-state index contributed by atoms with van der Waals surface area (Å²) < 4.78 is 8.16. The minimum Gasteiger partial charge on any atom is -0.492 e. The van der Waals surface area contributed by atoms with Crippen molar-refractivity contribution in [2.24, 2.45) is 0 Å². The molecule has 1 unspecified atom stereocenters. The molecule has 1 aromatic heterocycles. The third kappa shape index (κ3) is 3.54. The van der Waals surface area contributed by atoms with Crippen LogP contribution in [-0.2, 0) is 11.3 Å². The quantitative estimate of drug-likeness (QED) is 0.670. The molecular formula is C22H25N3O2. The molecule has 1 atom stereocenters. The molecule has 0 bridgehead atoms. The largest absolute Gasteiger partial charge is 0.492 e. The van der Waals surface area contributed by atoms with Gasteiger partial charge in [-0.1, -0.05) is 29.8 Å². The van der Waals surface area contributed by atoms with Crippen molar-refractivity contribution in [3.8, 4) is 5.75 Å². The number of ether oxygens (including phenoxy) is 1. The molecule has 0 radical (unpaired) electrons. The number of amides is 1. The minimum atomic E-state index is 0.143. The number of para-hydroxylation sites is 2. The van der Waals surface area contributed by atoms with Crippen molar-refractivity contribution in [2.75, 3.05) is 19.7 Å². The Hall–Kier alpha value is -2.82. The first-order valence-electron chi connectivity index (χ1n) is 9.58. The Bertz CT molecular complexity index is 946. The summed E-state index contributed by atoms with van der Waals surface area (Å²) in [4.78, 5) is 19.0. The fraction of sp³-hybridized carbons (Fsp3) is 0.364. The first-order valence-corrected chi connectivity index (χ1v) is 9.58. The molecule has 4 rings (SSSR count). The maximum Gasteiger partial charge on any atom is 0.223 e. The monoisotopic (exact) mass is 363 g/mol. The fourth-order valence-electron chi connectivity index (χ4n) is 3.78. The number of hydrogen-bond acceptors (Lipinski definition) is 3. The lowest BCUT2D eigenvalue weighted by molar-refractivity contribution is -0.127. The second kappa shape index (κ2) is 7.43. The maximum atomic E-state index is 12.2. The smallest absolute Gasteiger partial charge is 0.223 e. The lowest BCUT2D eigenvalue weighted by Gasteiger charge is -2.15. The molecule has 0 saturated carbocycles. The number of rotatable bonds is 6. The number of benzene rings is 2. The third-order valence-corrected chi connectivity index (χ3v) is 5.25. The van der Waals surface area contributed by atoms with Crippen molar-refractivity contribution < 1.29 is 9.53 Å². The summed E-state index contributed by atoms with van der Waals surface area (Å²) in [5.41, 5.74) is 3.30. The van der Waals surface area contributed by atoms with E-state index < -0.39 is 0 Å². The molecule has 1 amide bonds. The summed E-state index contributed by atoms with van der Waals surface area (Å²) in [5, 5.41) is 0. The van der Waals surface area contributed by atoms with Gasteiger partial charge in [-0.2, -0.15) is 0 Å². The zero-order valence-corrected chi connectivity index (χ0v) is 15.9. The first kappa shape index (κ1) is 17.6. The van der Waals surface area contributed by atoms with Crippen LogP contribution in [0.25, 0.3) is 11.0 Å². The highest BCUT2D eigenvalue weighted by Crippen LogP contribution is 2.30. The van der Waals surface area contributed by atoms with Gasteiger partial charge in [-0.25, -0.2) is 4.98 Å². The summed E-state index contributed by atoms with van der Waals surface area (Å²) >= 11 is 0. The van der Waals surface area contributed by atoms with E-state index in [1.54, 1.807) is 0 Å². The van der Waals surface area contributed by atoms with Crippen LogP contribution >= 0.6 is 0 Å². The van der Waals surface area contributed by atoms with Crippen molar-refractivity contribution in [3.63, 3.8) is 0 Å². The van der Waals surface area contributed by atoms with Gasteiger partial charge in [0.15, 0.2) is 0 Å². The molecular weight excluding hydrogens is 338 g/mol. The number of carbonyl (C=O) groups excluding carboxylic acids is 1. The van der Waals surface area contributed by atoms with E-state index in [0.29, 0.717) is 19.6 Å². The summed E-state index contributed by atoms with van der Waals surface area (Å²) in [6, 6.07) is 16.3. The molecule has 5 heteroatoms.